The SMILES string of the molecule is CCn1cc(C(C)=NNC(=O)c2c[nH]c3ccccc23)c(C)n1. The van der Waals surface area contributed by atoms with Gasteiger partial charge < -0.3 is 4.98 Å². The monoisotopic (exact) mass is 309 g/mol. The number of para-hydroxylation sites is 1. The van der Waals surface area contributed by atoms with E-state index in [1.165, 1.54) is 0 Å². The van der Waals surface area contributed by atoms with Crippen LogP contribution in [0.2, 0.25) is 0 Å². The van der Waals surface area contributed by atoms with Gasteiger partial charge in [0.15, 0.2) is 0 Å². The van der Waals surface area contributed by atoms with Gasteiger partial charge in [-0.3, -0.25) is 9.48 Å². The molecule has 0 fully saturated rings. The maximum atomic E-state index is 12.3. The minimum absolute atomic E-state index is 0.234. The molecular weight excluding hydrogens is 290 g/mol. The van der Waals surface area contributed by atoms with Crippen molar-refractivity contribution in [3.05, 3.63) is 53.5 Å². The molecule has 6 nitrogen and oxygen atoms in total. The number of aromatic nitrogens is 3. The summed E-state index contributed by atoms with van der Waals surface area (Å²) in [5, 5.41) is 9.48. The number of hydrogen-bond donors (Lipinski definition) is 2. The number of nitrogens with one attached hydrogen (secondary N) is 2. The smallest absolute Gasteiger partial charge is 0.273 e. The van der Waals surface area contributed by atoms with Gasteiger partial charge in [-0.2, -0.15) is 10.2 Å². The first-order valence-electron chi connectivity index (χ1n) is 7.55. The van der Waals surface area contributed by atoms with E-state index in [9.17, 15) is 4.79 Å². The minimum Gasteiger partial charge on any atom is -0.360 e. The van der Waals surface area contributed by atoms with E-state index >= 15 is 0 Å². The summed E-state index contributed by atoms with van der Waals surface area (Å²) in [5.41, 5.74) is 6.70. The van der Waals surface area contributed by atoms with Crippen LogP contribution in [0.25, 0.3) is 10.9 Å². The maximum absolute atomic E-state index is 12.3. The molecule has 2 aromatic heterocycles. The molecule has 0 bridgehead atoms. The van der Waals surface area contributed by atoms with E-state index in [2.05, 4.69) is 20.6 Å². The second-order valence-electron chi connectivity index (χ2n) is 5.37. The van der Waals surface area contributed by atoms with E-state index in [0.29, 0.717) is 5.56 Å². The molecule has 0 aliphatic rings. The second kappa shape index (κ2) is 6.08. The van der Waals surface area contributed by atoms with Gasteiger partial charge in [0, 0.05) is 35.4 Å². The van der Waals surface area contributed by atoms with Crippen LogP contribution in [0.4, 0.5) is 0 Å². The summed E-state index contributed by atoms with van der Waals surface area (Å²) in [6.45, 7) is 6.62. The first-order valence-corrected chi connectivity index (χ1v) is 7.55. The van der Waals surface area contributed by atoms with Crippen LogP contribution in [0, 0.1) is 6.92 Å². The molecule has 0 radical (unpaired) electrons. The maximum Gasteiger partial charge on any atom is 0.273 e. The molecule has 3 aromatic rings. The largest absolute Gasteiger partial charge is 0.360 e. The number of carbonyl (C=O) groups excluding carboxylic acids is 1. The van der Waals surface area contributed by atoms with Crippen molar-refractivity contribution >= 4 is 22.5 Å². The fourth-order valence-corrected chi connectivity index (χ4v) is 2.55. The molecule has 6 heteroatoms. The molecule has 0 aliphatic heterocycles. The lowest BCUT2D eigenvalue weighted by atomic mass is 10.2. The van der Waals surface area contributed by atoms with E-state index in [1.54, 1.807) is 6.20 Å². The zero-order valence-corrected chi connectivity index (χ0v) is 13.4. The zero-order chi connectivity index (χ0) is 16.4. The molecule has 0 saturated carbocycles. The third-order valence-electron chi connectivity index (χ3n) is 3.82. The Morgan fingerprint density at radius 1 is 1.35 bits per heavy atom. The lowest BCUT2D eigenvalue weighted by Crippen LogP contribution is -2.19. The zero-order valence-electron chi connectivity index (χ0n) is 13.4. The minimum atomic E-state index is -0.234. The molecule has 2 N–H and O–H groups in total. The second-order valence-corrected chi connectivity index (χ2v) is 5.37. The molecular formula is C17H19N5O. The van der Waals surface area contributed by atoms with Crippen molar-refractivity contribution in [2.24, 2.45) is 5.10 Å². The van der Waals surface area contributed by atoms with Crippen molar-refractivity contribution in [2.45, 2.75) is 27.3 Å². The summed E-state index contributed by atoms with van der Waals surface area (Å²) in [4.78, 5) is 15.4. The normalized spacial score (nSPS) is 11.9. The highest BCUT2D eigenvalue weighted by molar-refractivity contribution is 6.07. The van der Waals surface area contributed by atoms with E-state index in [-0.39, 0.29) is 5.91 Å². The van der Waals surface area contributed by atoms with Crippen LogP contribution in [0.15, 0.2) is 41.8 Å². The van der Waals surface area contributed by atoms with E-state index in [0.717, 1.165) is 34.4 Å². The first-order chi connectivity index (χ1) is 11.1. The summed E-state index contributed by atoms with van der Waals surface area (Å²) in [5.74, 6) is -0.234. The number of carbonyl (C=O) groups is 1. The van der Waals surface area contributed by atoms with Gasteiger partial charge >= 0.3 is 0 Å². The molecule has 118 valence electrons. The molecule has 2 heterocycles. The standard InChI is InChI=1S/C17H19N5O/c1-4-22-10-15(12(3)21-22)11(2)19-20-17(23)14-9-18-16-8-6-5-7-13(14)16/h5-10,18H,4H2,1-3H3,(H,20,23). The average Bonchev–Trinajstić information content (AvgIpc) is 3.15. The predicted octanol–water partition coefficient (Wildman–Crippen LogP) is 2.85. The third-order valence-corrected chi connectivity index (χ3v) is 3.82. The van der Waals surface area contributed by atoms with Crippen molar-refractivity contribution in [1.82, 2.24) is 20.2 Å². The number of rotatable bonds is 4. The fourth-order valence-electron chi connectivity index (χ4n) is 2.55. The van der Waals surface area contributed by atoms with Gasteiger partial charge in [0.05, 0.1) is 17.0 Å². The van der Waals surface area contributed by atoms with Gasteiger partial charge in [-0.1, -0.05) is 18.2 Å². The highest BCUT2D eigenvalue weighted by atomic mass is 16.2. The Balaban J connectivity index is 1.81. The molecule has 0 spiro atoms. The molecule has 0 unspecified atom stereocenters. The highest BCUT2D eigenvalue weighted by Crippen LogP contribution is 2.17. The molecule has 0 atom stereocenters. The quantitative estimate of drug-likeness (QED) is 0.574. The Morgan fingerprint density at radius 2 is 2.13 bits per heavy atom. The number of fused-ring (bicyclic) bond motifs is 1. The van der Waals surface area contributed by atoms with Gasteiger partial charge in [0.25, 0.3) is 5.91 Å². The number of benzene rings is 1. The number of nitrogens with zero attached hydrogens (tertiary/aromatic N) is 3. The van der Waals surface area contributed by atoms with E-state index in [4.69, 9.17) is 0 Å². The predicted molar refractivity (Wildman–Crippen MR) is 90.6 cm³/mol. The van der Waals surface area contributed by atoms with Crippen LogP contribution >= 0.6 is 0 Å². The summed E-state index contributed by atoms with van der Waals surface area (Å²) < 4.78 is 1.85. The van der Waals surface area contributed by atoms with E-state index in [1.807, 2.05) is 55.9 Å². The van der Waals surface area contributed by atoms with Gasteiger partial charge in [-0.05, 0) is 26.8 Å². The number of hydrazone groups is 1. The number of aromatic amines is 1. The molecule has 23 heavy (non-hydrogen) atoms. The number of amides is 1. The van der Waals surface area contributed by atoms with Crippen molar-refractivity contribution in [2.75, 3.05) is 0 Å². The van der Waals surface area contributed by atoms with Crippen molar-refractivity contribution < 1.29 is 4.79 Å². The summed E-state index contributed by atoms with van der Waals surface area (Å²) in [6.07, 6.45) is 3.64. The Bertz CT molecular complexity index is 887. The van der Waals surface area contributed by atoms with Crippen LogP contribution in [-0.2, 0) is 6.54 Å². The topological polar surface area (TPSA) is 75.1 Å². The average molecular weight is 309 g/mol. The highest BCUT2D eigenvalue weighted by Gasteiger charge is 2.12. The third kappa shape index (κ3) is 2.88. The van der Waals surface area contributed by atoms with E-state index < -0.39 is 0 Å². The number of aryl methyl sites for hydroxylation is 2. The van der Waals surface area contributed by atoms with Crippen LogP contribution in [0.3, 0.4) is 0 Å². The molecule has 1 aromatic carbocycles. The Hall–Kier alpha value is -2.89. The summed E-state index contributed by atoms with van der Waals surface area (Å²) in [6, 6.07) is 7.68. The number of H-pyrrole nitrogens is 1. The molecule has 3 rings (SSSR count). The Labute approximate surface area is 134 Å². The summed E-state index contributed by atoms with van der Waals surface area (Å²) >= 11 is 0. The van der Waals surface area contributed by atoms with Gasteiger partial charge in [0.1, 0.15) is 0 Å². The first kappa shape index (κ1) is 15.0. The van der Waals surface area contributed by atoms with Crippen molar-refractivity contribution in [3.63, 3.8) is 0 Å². The lowest BCUT2D eigenvalue weighted by Gasteiger charge is -2.01. The Kier molecular flexibility index (Phi) is 3.97. The van der Waals surface area contributed by atoms with Crippen molar-refractivity contribution in [3.8, 4) is 0 Å². The fraction of sp³-hybridized carbons (Fsp3) is 0.235. The molecule has 1 amide bonds. The van der Waals surface area contributed by atoms with Crippen LogP contribution < -0.4 is 5.43 Å². The van der Waals surface area contributed by atoms with Gasteiger partial charge in [-0.15, -0.1) is 0 Å². The summed E-state index contributed by atoms with van der Waals surface area (Å²) in [7, 11) is 0. The Morgan fingerprint density at radius 3 is 2.87 bits per heavy atom. The number of hydrogen-bond acceptors (Lipinski definition) is 3. The van der Waals surface area contributed by atoms with Crippen LogP contribution in [0.5, 0.6) is 0 Å². The van der Waals surface area contributed by atoms with Crippen LogP contribution in [0.1, 0.15) is 35.5 Å². The molecule has 0 aliphatic carbocycles. The molecule has 0 saturated heterocycles. The van der Waals surface area contributed by atoms with Crippen molar-refractivity contribution in [1.29, 1.82) is 0 Å². The van der Waals surface area contributed by atoms with Gasteiger partial charge in [0.2, 0.25) is 0 Å². The lowest BCUT2D eigenvalue weighted by molar-refractivity contribution is 0.0956. The van der Waals surface area contributed by atoms with Crippen LogP contribution in [-0.4, -0.2) is 26.4 Å². The van der Waals surface area contributed by atoms with Gasteiger partial charge in [-0.25, -0.2) is 5.43 Å².